The van der Waals surface area contributed by atoms with Gasteiger partial charge in [-0.2, -0.15) is 5.26 Å². The Bertz CT molecular complexity index is 859. The Morgan fingerprint density at radius 1 is 1.38 bits per heavy atom. The molecule has 1 aromatic heterocycles. The SMILES string of the molecule is N#Cc1c[nH]c(C(=O)NC/C=C\C(=C/CC2=CCCCC2)COCCN2CCOCC2)n1. The molecule has 2 N–H and O–H groups in total. The van der Waals surface area contributed by atoms with Crippen LogP contribution < -0.4 is 5.32 Å². The lowest BCUT2D eigenvalue weighted by molar-refractivity contribution is 0.0229. The predicted octanol–water partition coefficient (Wildman–Crippen LogP) is 2.73. The maximum atomic E-state index is 12.1. The number of nitriles is 1. The summed E-state index contributed by atoms with van der Waals surface area (Å²) >= 11 is 0. The van der Waals surface area contributed by atoms with E-state index >= 15 is 0 Å². The van der Waals surface area contributed by atoms with Crippen LogP contribution in [-0.4, -0.2) is 73.4 Å². The quantitative estimate of drug-likeness (QED) is 0.312. The molecule has 1 aromatic rings. The number of aromatic amines is 1. The Morgan fingerprint density at radius 2 is 2.25 bits per heavy atom. The molecule has 1 saturated heterocycles. The minimum Gasteiger partial charge on any atom is -0.379 e. The topological polar surface area (TPSA) is 103 Å². The van der Waals surface area contributed by atoms with Crippen LogP contribution in [0.2, 0.25) is 0 Å². The second-order valence-electron chi connectivity index (χ2n) is 7.96. The first-order chi connectivity index (χ1) is 15.7. The Kier molecular flexibility index (Phi) is 10.2. The van der Waals surface area contributed by atoms with E-state index in [1.807, 2.05) is 18.2 Å². The number of rotatable bonds is 11. The standard InChI is InChI=1S/C24H33N5O3/c25-17-22-18-27-23(28-22)24(30)26-10-4-7-21(9-8-20-5-2-1-3-6-20)19-32-16-13-29-11-14-31-15-12-29/h4-5,7,9,18H,1-3,6,8,10-16,19H2,(H,26,30)(H,27,28)/b7-4-,21-9+. The molecule has 0 atom stereocenters. The van der Waals surface area contributed by atoms with Gasteiger partial charge in [-0.05, 0) is 37.7 Å². The van der Waals surface area contributed by atoms with E-state index in [0.717, 1.165) is 44.8 Å². The van der Waals surface area contributed by atoms with Crippen LogP contribution >= 0.6 is 0 Å². The summed E-state index contributed by atoms with van der Waals surface area (Å²) in [5, 5.41) is 11.6. The monoisotopic (exact) mass is 439 g/mol. The average molecular weight is 440 g/mol. The summed E-state index contributed by atoms with van der Waals surface area (Å²) < 4.78 is 11.3. The van der Waals surface area contributed by atoms with Gasteiger partial charge in [-0.1, -0.05) is 29.9 Å². The second-order valence-corrected chi connectivity index (χ2v) is 7.96. The van der Waals surface area contributed by atoms with Crippen molar-refractivity contribution in [3.63, 3.8) is 0 Å². The van der Waals surface area contributed by atoms with Gasteiger partial charge in [0.25, 0.3) is 5.91 Å². The van der Waals surface area contributed by atoms with Gasteiger partial charge in [0.15, 0.2) is 11.5 Å². The Balaban J connectivity index is 1.46. The first-order valence-electron chi connectivity index (χ1n) is 11.4. The summed E-state index contributed by atoms with van der Waals surface area (Å²) in [5.41, 5.74) is 2.80. The molecule has 2 heterocycles. The lowest BCUT2D eigenvalue weighted by atomic mass is 9.96. The van der Waals surface area contributed by atoms with E-state index in [9.17, 15) is 4.79 Å². The molecule has 3 rings (SSSR count). The number of hydrogen-bond donors (Lipinski definition) is 2. The number of nitrogens with one attached hydrogen (secondary N) is 2. The number of nitrogens with zero attached hydrogens (tertiary/aromatic N) is 3. The highest BCUT2D eigenvalue weighted by Crippen LogP contribution is 2.21. The highest BCUT2D eigenvalue weighted by atomic mass is 16.5. The Morgan fingerprint density at radius 3 is 3.00 bits per heavy atom. The van der Waals surface area contributed by atoms with Crippen molar-refractivity contribution in [2.75, 3.05) is 52.6 Å². The number of hydrogen-bond acceptors (Lipinski definition) is 6. The number of morpholine rings is 1. The Labute approximate surface area is 190 Å². The summed E-state index contributed by atoms with van der Waals surface area (Å²) in [7, 11) is 0. The van der Waals surface area contributed by atoms with Gasteiger partial charge in [0.1, 0.15) is 6.07 Å². The summed E-state index contributed by atoms with van der Waals surface area (Å²) in [5.74, 6) is -0.197. The van der Waals surface area contributed by atoms with Crippen molar-refractivity contribution in [2.24, 2.45) is 0 Å². The first kappa shape index (κ1) is 23.9. The van der Waals surface area contributed by atoms with E-state index in [1.54, 1.807) is 0 Å². The highest BCUT2D eigenvalue weighted by molar-refractivity contribution is 5.90. The molecule has 0 aromatic carbocycles. The maximum absolute atomic E-state index is 12.1. The van der Waals surface area contributed by atoms with E-state index < -0.39 is 0 Å². The van der Waals surface area contributed by atoms with Crippen molar-refractivity contribution in [3.8, 4) is 6.07 Å². The largest absolute Gasteiger partial charge is 0.379 e. The number of carbonyl (C=O) groups excluding carboxylic acids is 1. The third kappa shape index (κ3) is 8.42. The van der Waals surface area contributed by atoms with Gasteiger partial charge in [0.05, 0.1) is 26.4 Å². The van der Waals surface area contributed by atoms with Crippen LogP contribution in [0.3, 0.4) is 0 Å². The number of aromatic nitrogens is 2. The fourth-order valence-corrected chi connectivity index (χ4v) is 3.68. The van der Waals surface area contributed by atoms with E-state index in [4.69, 9.17) is 14.7 Å². The molecule has 1 amide bonds. The van der Waals surface area contributed by atoms with Crippen LogP contribution in [-0.2, 0) is 9.47 Å². The number of amides is 1. The molecule has 0 unspecified atom stereocenters. The van der Waals surface area contributed by atoms with Crippen molar-refractivity contribution >= 4 is 5.91 Å². The maximum Gasteiger partial charge on any atom is 0.287 e. The van der Waals surface area contributed by atoms with E-state index in [2.05, 4.69) is 32.3 Å². The summed E-state index contributed by atoms with van der Waals surface area (Å²) in [4.78, 5) is 21.1. The van der Waals surface area contributed by atoms with E-state index in [-0.39, 0.29) is 17.4 Å². The van der Waals surface area contributed by atoms with Crippen LogP contribution in [0.5, 0.6) is 0 Å². The van der Waals surface area contributed by atoms with E-state index in [1.165, 1.54) is 37.5 Å². The molecule has 1 fully saturated rings. The number of H-pyrrole nitrogens is 1. The first-order valence-corrected chi connectivity index (χ1v) is 11.4. The zero-order valence-corrected chi connectivity index (χ0v) is 18.6. The molecular weight excluding hydrogens is 406 g/mol. The molecule has 172 valence electrons. The van der Waals surface area contributed by atoms with Gasteiger partial charge in [-0.25, -0.2) is 4.98 Å². The van der Waals surface area contributed by atoms with Gasteiger partial charge in [0, 0.05) is 32.4 Å². The highest BCUT2D eigenvalue weighted by Gasteiger charge is 2.10. The second kappa shape index (κ2) is 13.6. The summed E-state index contributed by atoms with van der Waals surface area (Å²) in [6.45, 7) is 6.03. The average Bonchev–Trinajstić information content (AvgIpc) is 3.33. The molecule has 0 saturated carbocycles. The molecule has 0 spiro atoms. The zero-order chi connectivity index (χ0) is 22.4. The Hall–Kier alpha value is -2.73. The van der Waals surface area contributed by atoms with Crippen LogP contribution in [0.4, 0.5) is 0 Å². The smallest absolute Gasteiger partial charge is 0.287 e. The van der Waals surface area contributed by atoms with Gasteiger partial charge in [-0.15, -0.1) is 0 Å². The molecule has 8 heteroatoms. The van der Waals surface area contributed by atoms with Gasteiger partial charge in [0.2, 0.25) is 0 Å². The van der Waals surface area contributed by atoms with Gasteiger partial charge >= 0.3 is 0 Å². The fraction of sp³-hybridized carbons (Fsp3) is 0.542. The zero-order valence-electron chi connectivity index (χ0n) is 18.6. The molecule has 1 aliphatic carbocycles. The van der Waals surface area contributed by atoms with Crippen LogP contribution in [0.15, 0.2) is 41.6 Å². The van der Waals surface area contributed by atoms with Crippen LogP contribution in [0.1, 0.15) is 48.4 Å². The number of allylic oxidation sites excluding steroid dienone is 3. The minimum absolute atomic E-state index is 0.140. The van der Waals surface area contributed by atoms with Crippen molar-refractivity contribution < 1.29 is 14.3 Å². The van der Waals surface area contributed by atoms with Gasteiger partial charge in [-0.3, -0.25) is 9.69 Å². The van der Waals surface area contributed by atoms with Crippen molar-refractivity contribution in [3.05, 3.63) is 53.2 Å². The van der Waals surface area contributed by atoms with Gasteiger partial charge < -0.3 is 19.8 Å². The van der Waals surface area contributed by atoms with E-state index in [0.29, 0.717) is 19.8 Å². The lowest BCUT2D eigenvalue weighted by Crippen LogP contribution is -2.38. The predicted molar refractivity (Wildman–Crippen MR) is 122 cm³/mol. The molecule has 8 nitrogen and oxygen atoms in total. The normalized spacial score (nSPS) is 17.8. The van der Waals surface area contributed by atoms with Crippen molar-refractivity contribution in [1.29, 1.82) is 5.26 Å². The van der Waals surface area contributed by atoms with Crippen molar-refractivity contribution in [1.82, 2.24) is 20.2 Å². The van der Waals surface area contributed by atoms with Crippen LogP contribution in [0.25, 0.3) is 0 Å². The molecule has 0 bridgehead atoms. The molecule has 0 radical (unpaired) electrons. The third-order valence-electron chi connectivity index (χ3n) is 5.56. The molecular formula is C24H33N5O3. The molecule has 2 aliphatic rings. The number of ether oxygens (including phenoxy) is 2. The molecule has 1 aliphatic heterocycles. The summed E-state index contributed by atoms with van der Waals surface area (Å²) in [6.07, 6.45) is 15.8. The minimum atomic E-state index is -0.337. The number of carbonyl (C=O) groups is 1. The number of imidazole rings is 1. The third-order valence-corrected chi connectivity index (χ3v) is 5.56. The lowest BCUT2D eigenvalue weighted by Gasteiger charge is -2.26. The van der Waals surface area contributed by atoms with Crippen LogP contribution in [0, 0.1) is 11.3 Å². The fourth-order valence-electron chi connectivity index (χ4n) is 3.68. The molecule has 32 heavy (non-hydrogen) atoms. The van der Waals surface area contributed by atoms with Crippen molar-refractivity contribution in [2.45, 2.75) is 32.1 Å². The summed E-state index contributed by atoms with van der Waals surface area (Å²) in [6, 6.07) is 1.90.